The molecule has 1 saturated carbocycles. The third-order valence-electron chi connectivity index (χ3n) is 7.22. The molecule has 0 spiro atoms. The van der Waals surface area contributed by atoms with Crippen LogP contribution < -0.4 is 15.6 Å². The van der Waals surface area contributed by atoms with Gasteiger partial charge in [0.25, 0.3) is 5.56 Å². The van der Waals surface area contributed by atoms with Crippen molar-refractivity contribution in [1.82, 2.24) is 24.4 Å². The van der Waals surface area contributed by atoms with Crippen molar-refractivity contribution in [2.24, 2.45) is 0 Å². The molecule has 0 atom stereocenters. The molecule has 1 aliphatic carbocycles. The van der Waals surface area contributed by atoms with Gasteiger partial charge in [0.1, 0.15) is 17.0 Å². The van der Waals surface area contributed by atoms with Crippen molar-refractivity contribution in [3.8, 4) is 11.3 Å². The Morgan fingerprint density at radius 3 is 2.27 bits per heavy atom. The van der Waals surface area contributed by atoms with Crippen LogP contribution in [0.2, 0.25) is 0 Å². The molecule has 0 aliphatic heterocycles. The zero-order valence-electron chi connectivity index (χ0n) is 24.2. The number of hydrogen-bond acceptors (Lipinski definition) is 8. The Morgan fingerprint density at radius 2 is 1.70 bits per heavy atom. The van der Waals surface area contributed by atoms with Crippen molar-refractivity contribution in [2.45, 2.75) is 70.3 Å². The summed E-state index contributed by atoms with van der Waals surface area (Å²) in [5, 5.41) is 3.26. The fourth-order valence-corrected chi connectivity index (χ4v) is 6.07. The fraction of sp³-hybridized carbons (Fsp3) is 0.538. The van der Waals surface area contributed by atoms with Gasteiger partial charge in [-0.1, -0.05) is 0 Å². The maximum Gasteiger partial charge on any atom is 0.390 e. The first-order valence-corrected chi connectivity index (χ1v) is 15.1. The van der Waals surface area contributed by atoms with Crippen molar-refractivity contribution in [3.63, 3.8) is 0 Å². The lowest BCUT2D eigenvalue weighted by Gasteiger charge is -2.32. The van der Waals surface area contributed by atoms with E-state index in [9.17, 15) is 30.8 Å². The molecule has 1 aliphatic rings. The monoisotopic (exact) mass is 671 g/mol. The van der Waals surface area contributed by atoms with Crippen LogP contribution in [0.1, 0.15) is 52.0 Å². The van der Waals surface area contributed by atoms with Crippen LogP contribution in [-0.4, -0.2) is 70.9 Å². The van der Waals surface area contributed by atoms with Crippen molar-refractivity contribution in [1.29, 1.82) is 0 Å². The summed E-state index contributed by atoms with van der Waals surface area (Å²) in [7, 11) is -0.768. The topological polar surface area (TPSA) is 122 Å². The molecule has 2 heterocycles. The van der Waals surface area contributed by atoms with Gasteiger partial charge < -0.3 is 10.2 Å². The van der Waals surface area contributed by atoms with E-state index < -0.39 is 74.4 Å². The molecule has 0 unspecified atom stereocenters. The van der Waals surface area contributed by atoms with Crippen LogP contribution in [-0.2, 0) is 10.0 Å². The molecule has 0 radical (unpaired) electrons. The van der Waals surface area contributed by atoms with E-state index in [2.05, 4.69) is 25.2 Å². The summed E-state index contributed by atoms with van der Waals surface area (Å²) in [6, 6.07) is 0.207. The SMILES string of the molecule is CC(C)n1c(=O)c(-c2c(F)cc(NS(=O)(=O)CCC(F)(F)F)c(F)c2F)nc2cnc(NC3CCC(N(C)C)CC3)nc21.Cl. The van der Waals surface area contributed by atoms with Gasteiger partial charge in [0.15, 0.2) is 17.3 Å². The first-order valence-electron chi connectivity index (χ1n) is 13.4. The minimum absolute atomic E-state index is 0. The minimum Gasteiger partial charge on any atom is -0.351 e. The van der Waals surface area contributed by atoms with Gasteiger partial charge >= 0.3 is 6.18 Å². The van der Waals surface area contributed by atoms with Gasteiger partial charge in [-0.15, -0.1) is 12.4 Å². The Morgan fingerprint density at radius 1 is 1.07 bits per heavy atom. The molecular weight excluding hydrogens is 640 g/mol. The number of hydrogen-bond donors (Lipinski definition) is 2. The van der Waals surface area contributed by atoms with E-state index in [-0.39, 0.29) is 41.6 Å². The Labute approximate surface area is 255 Å². The molecule has 18 heteroatoms. The number of anilines is 2. The van der Waals surface area contributed by atoms with Gasteiger partial charge in [-0.25, -0.2) is 31.6 Å². The van der Waals surface area contributed by atoms with Crippen LogP contribution >= 0.6 is 12.4 Å². The minimum atomic E-state index is -4.84. The lowest BCUT2D eigenvalue weighted by molar-refractivity contribution is -0.129. The van der Waals surface area contributed by atoms with Gasteiger partial charge in [-0.3, -0.25) is 14.1 Å². The highest BCUT2D eigenvalue weighted by Gasteiger charge is 2.32. The fourth-order valence-electron chi connectivity index (χ4n) is 4.99. The molecule has 44 heavy (non-hydrogen) atoms. The van der Waals surface area contributed by atoms with Crippen LogP contribution in [0.25, 0.3) is 22.4 Å². The van der Waals surface area contributed by atoms with Crippen LogP contribution in [0.4, 0.5) is 38.0 Å². The molecule has 0 amide bonds. The summed E-state index contributed by atoms with van der Waals surface area (Å²) < 4.78 is 109. The molecule has 2 aromatic heterocycles. The van der Waals surface area contributed by atoms with Gasteiger partial charge in [0.2, 0.25) is 16.0 Å². The molecular formula is C26H32ClF6N7O3S. The van der Waals surface area contributed by atoms with E-state index in [1.54, 1.807) is 13.8 Å². The van der Waals surface area contributed by atoms with Gasteiger partial charge in [-0.2, -0.15) is 18.2 Å². The Kier molecular flexibility index (Phi) is 10.8. The summed E-state index contributed by atoms with van der Waals surface area (Å²) >= 11 is 0. The molecule has 244 valence electrons. The second kappa shape index (κ2) is 13.4. The van der Waals surface area contributed by atoms with Gasteiger partial charge in [-0.05, 0) is 53.6 Å². The maximum atomic E-state index is 15.2. The summed E-state index contributed by atoms with van der Waals surface area (Å²) in [5.41, 5.74) is -4.23. The number of halogens is 7. The zero-order valence-corrected chi connectivity index (χ0v) is 25.8. The van der Waals surface area contributed by atoms with E-state index in [0.29, 0.717) is 6.04 Å². The Balaban J connectivity index is 0.00000529. The molecule has 3 aromatic rings. The number of nitrogens with zero attached hydrogens (tertiary/aromatic N) is 5. The smallest absolute Gasteiger partial charge is 0.351 e. The zero-order chi connectivity index (χ0) is 31.9. The second-order valence-corrected chi connectivity index (χ2v) is 12.8. The predicted octanol–water partition coefficient (Wildman–Crippen LogP) is 5.25. The molecule has 4 rings (SSSR count). The molecule has 2 N–H and O–H groups in total. The maximum absolute atomic E-state index is 15.2. The van der Waals surface area contributed by atoms with Crippen LogP contribution in [0.15, 0.2) is 17.1 Å². The van der Waals surface area contributed by atoms with E-state index in [0.717, 1.165) is 30.3 Å². The lowest BCUT2D eigenvalue weighted by atomic mass is 9.91. The number of rotatable bonds is 9. The van der Waals surface area contributed by atoms with Crippen LogP contribution in [0.3, 0.4) is 0 Å². The van der Waals surface area contributed by atoms with Crippen LogP contribution in [0.5, 0.6) is 0 Å². The largest absolute Gasteiger partial charge is 0.390 e. The first-order chi connectivity index (χ1) is 20.0. The van der Waals surface area contributed by atoms with Gasteiger partial charge in [0, 0.05) is 24.2 Å². The van der Waals surface area contributed by atoms with E-state index in [1.807, 2.05) is 14.1 Å². The highest BCUT2D eigenvalue weighted by Crippen LogP contribution is 2.32. The number of nitrogens with one attached hydrogen (secondary N) is 2. The van der Waals surface area contributed by atoms with Crippen molar-refractivity contribution >= 4 is 45.2 Å². The number of fused-ring (bicyclic) bond motifs is 1. The first kappa shape index (κ1) is 35.3. The number of alkyl halides is 3. The number of aromatic nitrogens is 4. The average Bonchev–Trinajstić information content (AvgIpc) is 2.90. The highest BCUT2D eigenvalue weighted by molar-refractivity contribution is 7.92. The second-order valence-electron chi connectivity index (χ2n) is 10.9. The third kappa shape index (κ3) is 7.90. The normalized spacial score (nSPS) is 17.6. The van der Waals surface area contributed by atoms with Crippen LogP contribution in [0, 0.1) is 17.5 Å². The van der Waals surface area contributed by atoms with Crippen molar-refractivity contribution in [2.75, 3.05) is 29.9 Å². The molecule has 0 bridgehead atoms. The molecule has 1 fully saturated rings. The standard InChI is InChI=1S/C26H31F6N7O3S.ClH/c1-13(2)39-23-18(12-33-25(36-23)34-14-5-7-15(8-6-14)38(3)4)35-22(24(39)40)19-16(27)11-17(20(28)21(19)29)37-43(41,42)10-9-26(30,31)32;/h11-15,37H,5-10H2,1-4H3,(H,33,34,36);1H. The van der Waals surface area contributed by atoms with E-state index >= 15 is 8.78 Å². The highest BCUT2D eigenvalue weighted by atomic mass is 35.5. The summed E-state index contributed by atoms with van der Waals surface area (Å²) in [5.74, 6) is -6.72. The quantitative estimate of drug-likeness (QED) is 0.234. The Bertz CT molecular complexity index is 1680. The summed E-state index contributed by atoms with van der Waals surface area (Å²) in [6.07, 6.45) is -1.65. The van der Waals surface area contributed by atoms with E-state index in [1.165, 1.54) is 10.9 Å². The Hall–Kier alpha value is -3.18. The third-order valence-corrected chi connectivity index (χ3v) is 8.50. The summed E-state index contributed by atoms with van der Waals surface area (Å²) in [4.78, 5) is 28.4. The van der Waals surface area contributed by atoms with Gasteiger partial charge in [0.05, 0.1) is 29.6 Å². The lowest BCUT2D eigenvalue weighted by Crippen LogP contribution is -2.36. The molecule has 10 nitrogen and oxygen atoms in total. The van der Waals surface area contributed by atoms with Crippen molar-refractivity contribution in [3.05, 3.63) is 40.1 Å². The summed E-state index contributed by atoms with van der Waals surface area (Å²) in [6.45, 7) is 3.24. The number of benzene rings is 1. The van der Waals surface area contributed by atoms with E-state index in [4.69, 9.17) is 0 Å². The molecule has 1 aromatic carbocycles. The average molecular weight is 672 g/mol. The predicted molar refractivity (Wildman–Crippen MR) is 156 cm³/mol. The van der Waals surface area contributed by atoms with Crippen molar-refractivity contribution < 1.29 is 34.8 Å². The number of sulfonamides is 1. The molecule has 0 saturated heterocycles.